The second-order valence-electron chi connectivity index (χ2n) is 8.16. The predicted molar refractivity (Wildman–Crippen MR) is 153 cm³/mol. The number of amides is 1. The van der Waals surface area contributed by atoms with Crippen LogP contribution in [0.4, 0.5) is 0 Å². The highest BCUT2D eigenvalue weighted by Crippen LogP contribution is 2.33. The number of hydrogen-bond donors (Lipinski definition) is 2. The number of aryl methyl sites for hydroxylation is 1. The van der Waals surface area contributed by atoms with E-state index in [2.05, 4.69) is 24.5 Å². The van der Waals surface area contributed by atoms with Gasteiger partial charge in [0, 0.05) is 18.2 Å². The lowest BCUT2D eigenvalue weighted by atomic mass is 9.97. The summed E-state index contributed by atoms with van der Waals surface area (Å²) in [6, 6.07) is 21.4. The molecule has 0 aliphatic carbocycles. The third-order valence-corrected chi connectivity index (χ3v) is 5.23. The molecule has 0 aliphatic rings. The first-order chi connectivity index (χ1) is 17.9. The average molecular weight is 509 g/mol. The molecular formula is C31H44N2O4. The van der Waals surface area contributed by atoms with E-state index >= 15 is 0 Å². The Morgan fingerprint density at radius 1 is 0.865 bits per heavy atom. The number of nitrogens with one attached hydrogen (secondary N) is 2. The van der Waals surface area contributed by atoms with Crippen molar-refractivity contribution < 1.29 is 19.0 Å². The summed E-state index contributed by atoms with van der Waals surface area (Å²) in [5, 5.41) is 6.20. The van der Waals surface area contributed by atoms with Gasteiger partial charge in [-0.05, 0) is 49.4 Å². The van der Waals surface area contributed by atoms with Gasteiger partial charge in [0.2, 0.25) is 0 Å². The summed E-state index contributed by atoms with van der Waals surface area (Å²) in [6.45, 7) is 10.7. The topological polar surface area (TPSA) is 68.8 Å². The van der Waals surface area contributed by atoms with Crippen molar-refractivity contribution in [3.05, 3.63) is 89.0 Å². The van der Waals surface area contributed by atoms with Crippen molar-refractivity contribution in [3.8, 4) is 17.2 Å². The number of hydrogen-bond acceptors (Lipinski definition) is 5. The maximum absolute atomic E-state index is 12.1. The first kappa shape index (κ1) is 31.5. The first-order valence-electron chi connectivity index (χ1n) is 12.9. The molecule has 0 spiro atoms. The lowest BCUT2D eigenvalue weighted by Gasteiger charge is -2.21. The van der Waals surface area contributed by atoms with Gasteiger partial charge in [0.15, 0.2) is 6.61 Å². The highest BCUT2D eigenvalue weighted by atomic mass is 16.5. The third-order valence-electron chi connectivity index (χ3n) is 5.23. The molecule has 1 unspecified atom stereocenters. The van der Waals surface area contributed by atoms with E-state index in [9.17, 15) is 4.79 Å². The molecule has 0 saturated heterocycles. The molecule has 3 rings (SSSR count). The van der Waals surface area contributed by atoms with Crippen LogP contribution in [0.15, 0.2) is 66.7 Å². The van der Waals surface area contributed by atoms with E-state index in [1.807, 2.05) is 94.5 Å². The van der Waals surface area contributed by atoms with Crippen LogP contribution in [0, 0.1) is 6.92 Å². The highest BCUT2D eigenvalue weighted by molar-refractivity contribution is 5.77. The van der Waals surface area contributed by atoms with Gasteiger partial charge < -0.3 is 24.8 Å². The van der Waals surface area contributed by atoms with Gasteiger partial charge in [-0.25, -0.2) is 0 Å². The Bertz CT molecular complexity index is 1030. The Hall–Kier alpha value is -3.51. The van der Waals surface area contributed by atoms with Crippen LogP contribution in [-0.4, -0.2) is 33.8 Å². The minimum Gasteiger partial charge on any atom is -0.497 e. The molecule has 3 aromatic rings. The number of carbonyl (C=O) groups excluding carboxylic acids is 1. The molecule has 1 atom stereocenters. The fourth-order valence-corrected chi connectivity index (χ4v) is 3.42. The molecule has 0 saturated carbocycles. The van der Waals surface area contributed by atoms with Gasteiger partial charge in [-0.15, -0.1) is 0 Å². The van der Waals surface area contributed by atoms with Crippen LogP contribution in [0.25, 0.3) is 0 Å². The minimum atomic E-state index is -0.161. The smallest absolute Gasteiger partial charge is 0.258 e. The third kappa shape index (κ3) is 10.6. The minimum absolute atomic E-state index is 0.0348. The van der Waals surface area contributed by atoms with E-state index in [1.54, 1.807) is 14.2 Å². The molecule has 1 amide bonds. The number of rotatable bonds is 10. The molecular weight excluding hydrogens is 464 g/mol. The van der Waals surface area contributed by atoms with Gasteiger partial charge in [-0.1, -0.05) is 76.1 Å². The number of benzene rings is 3. The fourth-order valence-electron chi connectivity index (χ4n) is 3.42. The molecule has 3 aromatic carbocycles. The van der Waals surface area contributed by atoms with Crippen molar-refractivity contribution >= 4 is 5.91 Å². The van der Waals surface area contributed by atoms with Gasteiger partial charge in [0.25, 0.3) is 5.91 Å². The van der Waals surface area contributed by atoms with E-state index in [0.717, 1.165) is 28.2 Å². The van der Waals surface area contributed by atoms with Crippen LogP contribution in [0.1, 0.15) is 62.4 Å². The molecule has 0 aliphatic heterocycles. The standard InChI is InChI=1S/C26H30N2O4.C3H8.C2H6/c1-18-5-7-19(8-6-18)16-28-25(29)17-32-21-11-9-20(10-12-21)26(27-2)23-14-13-22(30-3)15-24(23)31-4;1-3-2;1-2/h5-15,26-27H,16-17H2,1-4H3,(H,28,29);3H2,1-2H3;1-2H3. The van der Waals surface area contributed by atoms with Crippen LogP contribution < -0.4 is 24.8 Å². The van der Waals surface area contributed by atoms with Crippen molar-refractivity contribution in [3.63, 3.8) is 0 Å². The van der Waals surface area contributed by atoms with Crippen molar-refractivity contribution in [2.75, 3.05) is 27.9 Å². The van der Waals surface area contributed by atoms with Crippen molar-refractivity contribution in [2.24, 2.45) is 0 Å². The average Bonchev–Trinajstić information content (AvgIpc) is 2.94. The second-order valence-corrected chi connectivity index (χ2v) is 8.16. The summed E-state index contributed by atoms with van der Waals surface area (Å²) in [6.07, 6.45) is 1.25. The van der Waals surface area contributed by atoms with E-state index in [0.29, 0.717) is 12.3 Å². The Labute approximate surface area is 223 Å². The second kappa shape index (κ2) is 17.8. The fraction of sp³-hybridized carbons (Fsp3) is 0.387. The molecule has 6 heteroatoms. The molecule has 37 heavy (non-hydrogen) atoms. The number of ether oxygens (including phenoxy) is 3. The van der Waals surface area contributed by atoms with Crippen molar-refractivity contribution in [1.82, 2.24) is 10.6 Å². The SMILES string of the molecule is CC.CCC.CNC(c1ccc(OCC(=O)NCc2ccc(C)cc2)cc1)c1ccc(OC)cc1OC. The zero-order valence-corrected chi connectivity index (χ0v) is 23.7. The van der Waals surface area contributed by atoms with E-state index < -0.39 is 0 Å². The van der Waals surface area contributed by atoms with Gasteiger partial charge >= 0.3 is 0 Å². The van der Waals surface area contributed by atoms with E-state index in [-0.39, 0.29) is 18.6 Å². The van der Waals surface area contributed by atoms with Gasteiger partial charge in [-0.3, -0.25) is 4.79 Å². The normalized spacial score (nSPS) is 10.6. The van der Waals surface area contributed by atoms with Gasteiger partial charge in [0.05, 0.1) is 20.3 Å². The summed E-state index contributed by atoms with van der Waals surface area (Å²) in [5.74, 6) is 1.96. The molecule has 202 valence electrons. The van der Waals surface area contributed by atoms with Crippen LogP contribution >= 0.6 is 0 Å². The quantitative estimate of drug-likeness (QED) is 0.329. The van der Waals surface area contributed by atoms with E-state index in [4.69, 9.17) is 14.2 Å². The highest BCUT2D eigenvalue weighted by Gasteiger charge is 2.17. The summed E-state index contributed by atoms with van der Waals surface area (Å²) < 4.78 is 16.5. The Kier molecular flexibility index (Phi) is 15.2. The van der Waals surface area contributed by atoms with Crippen LogP contribution in [0.5, 0.6) is 17.2 Å². The van der Waals surface area contributed by atoms with Crippen molar-refractivity contribution in [1.29, 1.82) is 0 Å². The van der Waals surface area contributed by atoms with Crippen molar-refractivity contribution in [2.45, 2.75) is 53.6 Å². The summed E-state index contributed by atoms with van der Waals surface area (Å²) in [7, 11) is 5.18. The Morgan fingerprint density at radius 2 is 1.46 bits per heavy atom. The maximum Gasteiger partial charge on any atom is 0.258 e. The summed E-state index contributed by atoms with van der Waals surface area (Å²) >= 11 is 0. The number of methoxy groups -OCH3 is 2. The lowest BCUT2D eigenvalue weighted by Crippen LogP contribution is -2.28. The monoisotopic (exact) mass is 508 g/mol. The lowest BCUT2D eigenvalue weighted by molar-refractivity contribution is -0.123. The van der Waals surface area contributed by atoms with Gasteiger partial charge in [-0.2, -0.15) is 0 Å². The van der Waals surface area contributed by atoms with Crippen LogP contribution in [-0.2, 0) is 11.3 Å². The van der Waals surface area contributed by atoms with E-state index in [1.165, 1.54) is 12.0 Å². The summed E-state index contributed by atoms with van der Waals surface area (Å²) in [5.41, 5.74) is 4.30. The molecule has 0 fully saturated rings. The molecule has 0 aromatic heterocycles. The zero-order chi connectivity index (χ0) is 27.6. The first-order valence-corrected chi connectivity index (χ1v) is 12.9. The molecule has 6 nitrogen and oxygen atoms in total. The Morgan fingerprint density at radius 3 is 2.00 bits per heavy atom. The molecule has 0 radical (unpaired) electrons. The van der Waals surface area contributed by atoms with Crippen LogP contribution in [0.3, 0.4) is 0 Å². The van der Waals surface area contributed by atoms with Crippen LogP contribution in [0.2, 0.25) is 0 Å². The zero-order valence-electron chi connectivity index (χ0n) is 23.7. The number of carbonyl (C=O) groups is 1. The molecule has 2 N–H and O–H groups in total. The molecule has 0 bridgehead atoms. The maximum atomic E-state index is 12.1. The molecule has 0 heterocycles. The van der Waals surface area contributed by atoms with Gasteiger partial charge in [0.1, 0.15) is 17.2 Å². The largest absolute Gasteiger partial charge is 0.497 e. The Balaban J connectivity index is 0.00000127. The summed E-state index contributed by atoms with van der Waals surface area (Å²) in [4.78, 5) is 12.1. The predicted octanol–water partition coefficient (Wildman–Crippen LogP) is 6.46.